The molecule has 3 aromatic carbocycles. The molecule has 28 heavy (non-hydrogen) atoms. The highest BCUT2D eigenvalue weighted by Crippen LogP contribution is 2.32. The Kier molecular flexibility index (Phi) is 3.87. The van der Waals surface area contributed by atoms with Crippen LogP contribution < -0.4 is 4.74 Å². The lowest BCUT2D eigenvalue weighted by atomic mass is 10.1. The SMILES string of the molecule is COc1ccc(-c2nc3cc(-c4ccccc4)ccc3o2)cc1-n1cnnc1. The number of ether oxygens (including phenoxy) is 1. The molecule has 2 aromatic heterocycles. The molecule has 0 fully saturated rings. The standard InChI is InChI=1S/C22H16N4O2/c1-27-21-10-8-17(12-19(21)26-13-23-24-14-26)22-25-18-11-16(7-9-20(18)28-22)15-5-3-2-4-6-15/h2-14H,1H3. The quantitative estimate of drug-likeness (QED) is 0.458. The van der Waals surface area contributed by atoms with E-state index < -0.39 is 0 Å². The van der Waals surface area contributed by atoms with Crippen LogP contribution in [0.15, 0.2) is 83.8 Å². The first kappa shape index (κ1) is 16.3. The van der Waals surface area contributed by atoms with Crippen LogP contribution in [-0.2, 0) is 0 Å². The fraction of sp³-hybridized carbons (Fsp3) is 0.0455. The van der Waals surface area contributed by atoms with Crippen LogP contribution in [0.3, 0.4) is 0 Å². The monoisotopic (exact) mass is 368 g/mol. The molecule has 0 spiro atoms. The summed E-state index contributed by atoms with van der Waals surface area (Å²) in [6.45, 7) is 0. The van der Waals surface area contributed by atoms with Crippen LogP contribution in [-0.4, -0.2) is 26.9 Å². The first-order valence-corrected chi connectivity index (χ1v) is 8.81. The van der Waals surface area contributed by atoms with E-state index >= 15 is 0 Å². The topological polar surface area (TPSA) is 66.0 Å². The Morgan fingerprint density at radius 3 is 2.39 bits per heavy atom. The zero-order valence-corrected chi connectivity index (χ0v) is 15.1. The molecular formula is C22H16N4O2. The van der Waals surface area contributed by atoms with Crippen molar-refractivity contribution >= 4 is 11.1 Å². The molecule has 0 atom stereocenters. The largest absolute Gasteiger partial charge is 0.495 e. The summed E-state index contributed by atoms with van der Waals surface area (Å²) in [5.74, 6) is 1.27. The van der Waals surface area contributed by atoms with Gasteiger partial charge in [-0.25, -0.2) is 4.98 Å². The van der Waals surface area contributed by atoms with Crippen LogP contribution in [0.5, 0.6) is 5.75 Å². The summed E-state index contributed by atoms with van der Waals surface area (Å²) < 4.78 is 13.2. The molecule has 0 amide bonds. The molecule has 0 aliphatic heterocycles. The Morgan fingerprint density at radius 1 is 0.821 bits per heavy atom. The number of oxazole rings is 1. The van der Waals surface area contributed by atoms with Gasteiger partial charge in [0.2, 0.25) is 5.89 Å². The molecule has 0 aliphatic rings. The van der Waals surface area contributed by atoms with Crippen LogP contribution in [0.2, 0.25) is 0 Å². The maximum Gasteiger partial charge on any atom is 0.227 e. The Morgan fingerprint density at radius 2 is 1.61 bits per heavy atom. The third-order valence-corrected chi connectivity index (χ3v) is 4.62. The molecule has 0 N–H and O–H groups in total. The van der Waals surface area contributed by atoms with E-state index in [2.05, 4.69) is 22.3 Å². The number of methoxy groups -OCH3 is 1. The van der Waals surface area contributed by atoms with E-state index in [1.54, 1.807) is 24.3 Å². The van der Waals surface area contributed by atoms with E-state index in [-0.39, 0.29) is 0 Å². The van der Waals surface area contributed by atoms with Crippen molar-refractivity contribution in [3.8, 4) is 34.0 Å². The van der Waals surface area contributed by atoms with Crippen molar-refractivity contribution in [3.05, 3.63) is 79.4 Å². The predicted molar refractivity (Wildman–Crippen MR) is 106 cm³/mol. The van der Waals surface area contributed by atoms with Gasteiger partial charge in [0.1, 0.15) is 23.9 Å². The molecular weight excluding hydrogens is 352 g/mol. The molecule has 0 radical (unpaired) electrons. The molecule has 0 bridgehead atoms. The van der Waals surface area contributed by atoms with Crippen molar-refractivity contribution < 1.29 is 9.15 Å². The molecule has 5 rings (SSSR count). The lowest BCUT2D eigenvalue weighted by molar-refractivity contribution is 0.413. The number of benzene rings is 3. The minimum absolute atomic E-state index is 0.553. The molecule has 5 aromatic rings. The van der Waals surface area contributed by atoms with Gasteiger partial charge in [0.15, 0.2) is 5.58 Å². The second kappa shape index (κ2) is 6.66. The molecule has 136 valence electrons. The average Bonchev–Trinajstić information content (AvgIpc) is 3.43. The third-order valence-electron chi connectivity index (χ3n) is 4.62. The molecule has 0 aliphatic carbocycles. The summed E-state index contributed by atoms with van der Waals surface area (Å²) in [4.78, 5) is 4.70. The van der Waals surface area contributed by atoms with Crippen LogP contribution in [0, 0.1) is 0 Å². The van der Waals surface area contributed by atoms with E-state index in [9.17, 15) is 0 Å². The fourth-order valence-corrected chi connectivity index (χ4v) is 3.21. The maximum absolute atomic E-state index is 6.00. The third kappa shape index (κ3) is 2.81. The number of hydrogen-bond acceptors (Lipinski definition) is 5. The summed E-state index contributed by atoms with van der Waals surface area (Å²) in [6.07, 6.45) is 3.25. The van der Waals surface area contributed by atoms with Gasteiger partial charge in [-0.15, -0.1) is 10.2 Å². The van der Waals surface area contributed by atoms with Crippen molar-refractivity contribution in [3.63, 3.8) is 0 Å². The summed E-state index contributed by atoms with van der Waals surface area (Å²) >= 11 is 0. The predicted octanol–water partition coefficient (Wildman–Crippen LogP) is 4.75. The molecule has 2 heterocycles. The van der Waals surface area contributed by atoms with Crippen molar-refractivity contribution in [1.82, 2.24) is 19.7 Å². The van der Waals surface area contributed by atoms with Crippen molar-refractivity contribution in [2.75, 3.05) is 7.11 Å². The molecule has 6 heteroatoms. The highest BCUT2D eigenvalue weighted by Gasteiger charge is 2.13. The smallest absolute Gasteiger partial charge is 0.227 e. The number of hydrogen-bond donors (Lipinski definition) is 0. The molecule has 6 nitrogen and oxygen atoms in total. The lowest BCUT2D eigenvalue weighted by Crippen LogP contribution is -1.96. The van der Waals surface area contributed by atoms with Crippen LogP contribution in [0.1, 0.15) is 0 Å². The zero-order valence-electron chi connectivity index (χ0n) is 15.1. The highest BCUT2D eigenvalue weighted by molar-refractivity contribution is 5.82. The molecule has 0 saturated carbocycles. The summed E-state index contributed by atoms with van der Waals surface area (Å²) in [7, 11) is 1.63. The number of fused-ring (bicyclic) bond motifs is 1. The lowest BCUT2D eigenvalue weighted by Gasteiger charge is -2.09. The van der Waals surface area contributed by atoms with Crippen LogP contribution in [0.25, 0.3) is 39.4 Å². The van der Waals surface area contributed by atoms with Gasteiger partial charge in [0.05, 0.1) is 12.8 Å². The van der Waals surface area contributed by atoms with Gasteiger partial charge in [-0.1, -0.05) is 36.4 Å². The number of nitrogens with zero attached hydrogens (tertiary/aromatic N) is 4. The highest BCUT2D eigenvalue weighted by atomic mass is 16.5. The molecule has 0 saturated heterocycles. The van der Waals surface area contributed by atoms with Crippen LogP contribution >= 0.6 is 0 Å². The zero-order chi connectivity index (χ0) is 18.9. The number of rotatable bonds is 4. The number of aromatic nitrogens is 4. The first-order valence-electron chi connectivity index (χ1n) is 8.81. The van der Waals surface area contributed by atoms with Gasteiger partial charge in [-0.2, -0.15) is 0 Å². The first-order chi connectivity index (χ1) is 13.8. The molecule has 0 unspecified atom stereocenters. The summed E-state index contributed by atoms with van der Waals surface area (Å²) in [5.41, 5.74) is 5.48. The minimum atomic E-state index is 0.553. The summed E-state index contributed by atoms with van der Waals surface area (Å²) in [6, 6.07) is 22.0. The van der Waals surface area contributed by atoms with Gasteiger partial charge in [-0.3, -0.25) is 4.57 Å². The Balaban J connectivity index is 1.59. The van der Waals surface area contributed by atoms with Crippen LogP contribution in [0.4, 0.5) is 0 Å². The average molecular weight is 368 g/mol. The Bertz CT molecular complexity index is 1240. The van der Waals surface area contributed by atoms with Crippen molar-refractivity contribution in [2.24, 2.45) is 0 Å². The van der Waals surface area contributed by atoms with E-state index in [0.29, 0.717) is 11.6 Å². The van der Waals surface area contributed by atoms with Gasteiger partial charge in [0, 0.05) is 5.56 Å². The maximum atomic E-state index is 6.00. The van der Waals surface area contributed by atoms with E-state index in [0.717, 1.165) is 33.5 Å². The minimum Gasteiger partial charge on any atom is -0.495 e. The second-order valence-corrected chi connectivity index (χ2v) is 6.32. The van der Waals surface area contributed by atoms with Gasteiger partial charge < -0.3 is 9.15 Å². The van der Waals surface area contributed by atoms with Gasteiger partial charge >= 0.3 is 0 Å². The fourth-order valence-electron chi connectivity index (χ4n) is 3.21. The Labute approximate surface area is 161 Å². The van der Waals surface area contributed by atoms with Gasteiger partial charge in [-0.05, 0) is 41.5 Å². The van der Waals surface area contributed by atoms with Gasteiger partial charge in [0.25, 0.3) is 0 Å². The normalized spacial score (nSPS) is 11.0. The van der Waals surface area contributed by atoms with E-state index in [4.69, 9.17) is 14.1 Å². The van der Waals surface area contributed by atoms with Crippen molar-refractivity contribution in [1.29, 1.82) is 0 Å². The van der Waals surface area contributed by atoms with Crippen molar-refractivity contribution in [2.45, 2.75) is 0 Å². The second-order valence-electron chi connectivity index (χ2n) is 6.32. The summed E-state index contributed by atoms with van der Waals surface area (Å²) in [5, 5.41) is 7.74. The van der Waals surface area contributed by atoms with E-state index in [1.807, 2.05) is 54.6 Å². The Hall–Kier alpha value is -3.93. The van der Waals surface area contributed by atoms with E-state index in [1.165, 1.54) is 0 Å².